The van der Waals surface area contributed by atoms with E-state index in [1.807, 2.05) is 10.6 Å². The van der Waals surface area contributed by atoms with Gasteiger partial charge in [0.15, 0.2) is 0 Å². The predicted molar refractivity (Wildman–Crippen MR) is 138 cm³/mol. The van der Waals surface area contributed by atoms with E-state index in [2.05, 4.69) is 48.3 Å². The smallest absolute Gasteiger partial charge is 0.259 e. The zero-order valence-corrected chi connectivity index (χ0v) is 21.0. The summed E-state index contributed by atoms with van der Waals surface area (Å²) in [7, 11) is 0. The Kier molecular flexibility index (Phi) is 8.39. The summed E-state index contributed by atoms with van der Waals surface area (Å²) in [4.78, 5) is 43.9. The standard InChI is InChI=1S/C28H38N4O3/c1-21(2)17-31-19-24(26(33)25(20-31)28(35)32-13-7-4-8-14-32)27(34)29-23-11-15-30(16-12-23)18-22-9-5-3-6-10-22/h3,5-6,9-10,19-21,23H,4,7-8,11-18H2,1-2H3,(H,29,34). The van der Waals surface area contributed by atoms with Crippen LogP contribution < -0.4 is 10.7 Å². The molecular formula is C28H38N4O3. The molecule has 7 nitrogen and oxygen atoms in total. The molecule has 0 bridgehead atoms. The predicted octanol–water partition coefficient (Wildman–Crippen LogP) is 3.52. The molecule has 0 radical (unpaired) electrons. The zero-order chi connectivity index (χ0) is 24.8. The molecule has 35 heavy (non-hydrogen) atoms. The molecular weight excluding hydrogens is 440 g/mol. The molecule has 1 aromatic carbocycles. The number of likely N-dealkylation sites (tertiary alicyclic amines) is 2. The Morgan fingerprint density at radius 3 is 2.26 bits per heavy atom. The number of pyridine rings is 1. The molecule has 0 saturated carbocycles. The second-order valence-electron chi connectivity index (χ2n) is 10.4. The minimum absolute atomic E-state index is 0.0222. The molecule has 1 aromatic heterocycles. The third-order valence-corrected chi connectivity index (χ3v) is 6.95. The van der Waals surface area contributed by atoms with Gasteiger partial charge in [-0.2, -0.15) is 0 Å². The molecule has 1 N–H and O–H groups in total. The molecule has 2 aromatic rings. The largest absolute Gasteiger partial charge is 0.352 e. The van der Waals surface area contributed by atoms with E-state index in [0.29, 0.717) is 25.6 Å². The van der Waals surface area contributed by atoms with Crippen LogP contribution in [0.2, 0.25) is 0 Å². The van der Waals surface area contributed by atoms with Gasteiger partial charge in [0.2, 0.25) is 5.43 Å². The topological polar surface area (TPSA) is 74.6 Å². The van der Waals surface area contributed by atoms with Crippen molar-refractivity contribution in [2.45, 2.75) is 65.1 Å². The molecule has 2 aliphatic rings. The second kappa shape index (κ2) is 11.7. The summed E-state index contributed by atoms with van der Waals surface area (Å²) in [6.07, 6.45) is 7.95. The van der Waals surface area contributed by atoms with Crippen molar-refractivity contribution < 1.29 is 9.59 Å². The Hall–Kier alpha value is -2.93. The van der Waals surface area contributed by atoms with Gasteiger partial charge in [-0.05, 0) is 43.6 Å². The first kappa shape index (κ1) is 25.2. The maximum absolute atomic E-state index is 13.3. The number of rotatable bonds is 7. The van der Waals surface area contributed by atoms with Crippen LogP contribution in [0.1, 0.15) is 72.2 Å². The molecule has 0 atom stereocenters. The van der Waals surface area contributed by atoms with E-state index in [4.69, 9.17) is 0 Å². The van der Waals surface area contributed by atoms with Gasteiger partial charge in [-0.25, -0.2) is 0 Å². The third kappa shape index (κ3) is 6.60. The van der Waals surface area contributed by atoms with E-state index in [9.17, 15) is 14.4 Å². The Bertz CT molecular complexity index is 1070. The molecule has 0 unspecified atom stereocenters. The first-order chi connectivity index (χ1) is 16.9. The van der Waals surface area contributed by atoms with Crippen molar-refractivity contribution in [2.24, 2.45) is 5.92 Å². The Morgan fingerprint density at radius 1 is 0.943 bits per heavy atom. The van der Waals surface area contributed by atoms with Crippen LogP contribution in [0.25, 0.3) is 0 Å². The van der Waals surface area contributed by atoms with E-state index >= 15 is 0 Å². The average molecular weight is 479 g/mol. The van der Waals surface area contributed by atoms with Crippen molar-refractivity contribution in [3.05, 3.63) is 69.6 Å². The summed E-state index contributed by atoms with van der Waals surface area (Å²) < 4.78 is 1.83. The minimum atomic E-state index is -0.459. The lowest BCUT2D eigenvalue weighted by atomic mass is 10.0. The number of benzene rings is 1. The lowest BCUT2D eigenvalue weighted by Gasteiger charge is -2.32. The van der Waals surface area contributed by atoms with Gasteiger partial charge >= 0.3 is 0 Å². The monoisotopic (exact) mass is 478 g/mol. The highest BCUT2D eigenvalue weighted by molar-refractivity contribution is 5.99. The Balaban J connectivity index is 1.45. The lowest BCUT2D eigenvalue weighted by molar-refractivity contribution is 0.0722. The SMILES string of the molecule is CC(C)Cn1cc(C(=O)NC2CCN(Cc3ccccc3)CC2)c(=O)c(C(=O)N2CCCCC2)c1. The van der Waals surface area contributed by atoms with E-state index in [1.165, 1.54) is 5.56 Å². The number of nitrogens with zero attached hydrogens (tertiary/aromatic N) is 3. The van der Waals surface area contributed by atoms with E-state index in [-0.39, 0.29) is 29.0 Å². The van der Waals surface area contributed by atoms with Gasteiger partial charge < -0.3 is 14.8 Å². The van der Waals surface area contributed by atoms with Crippen molar-refractivity contribution >= 4 is 11.8 Å². The van der Waals surface area contributed by atoms with Crippen LogP contribution in [0.15, 0.2) is 47.5 Å². The maximum Gasteiger partial charge on any atom is 0.259 e. The number of nitrogens with one attached hydrogen (secondary N) is 1. The summed E-state index contributed by atoms with van der Waals surface area (Å²) in [5.74, 6) is -0.307. The summed E-state index contributed by atoms with van der Waals surface area (Å²) in [5, 5.41) is 3.08. The summed E-state index contributed by atoms with van der Waals surface area (Å²) >= 11 is 0. The summed E-state index contributed by atoms with van der Waals surface area (Å²) in [6, 6.07) is 10.4. The van der Waals surface area contributed by atoms with Gasteiger partial charge in [-0.3, -0.25) is 19.3 Å². The number of amides is 2. The van der Waals surface area contributed by atoms with Crippen LogP contribution in [-0.2, 0) is 13.1 Å². The molecule has 0 spiro atoms. The van der Waals surface area contributed by atoms with Crippen LogP contribution in [0.3, 0.4) is 0 Å². The lowest BCUT2D eigenvalue weighted by Crippen LogP contribution is -2.46. The number of aromatic nitrogens is 1. The number of carbonyl (C=O) groups excluding carboxylic acids is 2. The van der Waals surface area contributed by atoms with Crippen molar-refractivity contribution in [2.75, 3.05) is 26.2 Å². The highest BCUT2D eigenvalue weighted by Crippen LogP contribution is 2.16. The first-order valence-electron chi connectivity index (χ1n) is 13.0. The Morgan fingerprint density at radius 2 is 1.60 bits per heavy atom. The molecule has 2 fully saturated rings. The fourth-order valence-corrected chi connectivity index (χ4v) is 5.08. The normalized spacial score (nSPS) is 17.5. The second-order valence-corrected chi connectivity index (χ2v) is 10.4. The first-order valence-corrected chi connectivity index (χ1v) is 13.0. The van der Waals surface area contributed by atoms with Gasteiger partial charge in [0.05, 0.1) is 0 Å². The van der Waals surface area contributed by atoms with Crippen molar-refractivity contribution in [3.63, 3.8) is 0 Å². The molecule has 2 saturated heterocycles. The van der Waals surface area contributed by atoms with Crippen LogP contribution in [-0.4, -0.2) is 58.4 Å². The molecule has 2 amide bonds. The van der Waals surface area contributed by atoms with Crippen LogP contribution in [0, 0.1) is 5.92 Å². The van der Waals surface area contributed by atoms with Crippen molar-refractivity contribution in [3.8, 4) is 0 Å². The van der Waals surface area contributed by atoms with Gasteiger partial charge in [-0.15, -0.1) is 0 Å². The number of hydrogen-bond acceptors (Lipinski definition) is 4. The highest BCUT2D eigenvalue weighted by atomic mass is 16.2. The molecule has 2 aliphatic heterocycles. The van der Waals surface area contributed by atoms with Gasteiger partial charge in [0.25, 0.3) is 11.8 Å². The molecule has 188 valence electrons. The van der Waals surface area contributed by atoms with Crippen LogP contribution >= 0.6 is 0 Å². The van der Waals surface area contributed by atoms with Gasteiger partial charge in [0.1, 0.15) is 11.1 Å². The van der Waals surface area contributed by atoms with Crippen LogP contribution in [0.4, 0.5) is 0 Å². The highest BCUT2D eigenvalue weighted by Gasteiger charge is 2.27. The molecule has 3 heterocycles. The molecule has 7 heteroatoms. The number of hydrogen-bond donors (Lipinski definition) is 1. The van der Waals surface area contributed by atoms with Crippen molar-refractivity contribution in [1.82, 2.24) is 19.7 Å². The number of piperidine rings is 2. The summed E-state index contributed by atoms with van der Waals surface area (Å²) in [5.41, 5.74) is 1.01. The summed E-state index contributed by atoms with van der Waals surface area (Å²) in [6.45, 7) is 8.82. The fourth-order valence-electron chi connectivity index (χ4n) is 5.08. The van der Waals surface area contributed by atoms with Crippen LogP contribution in [0.5, 0.6) is 0 Å². The van der Waals surface area contributed by atoms with Gasteiger partial charge in [-0.1, -0.05) is 44.2 Å². The number of carbonyl (C=O) groups is 2. The van der Waals surface area contributed by atoms with E-state index in [1.54, 1.807) is 17.3 Å². The molecule has 0 aliphatic carbocycles. The Labute approximate surface area is 208 Å². The van der Waals surface area contributed by atoms with Gasteiger partial charge in [0, 0.05) is 57.7 Å². The zero-order valence-electron chi connectivity index (χ0n) is 21.0. The minimum Gasteiger partial charge on any atom is -0.352 e. The van der Waals surface area contributed by atoms with Crippen molar-refractivity contribution in [1.29, 1.82) is 0 Å². The third-order valence-electron chi connectivity index (χ3n) is 6.95. The maximum atomic E-state index is 13.3. The van der Waals surface area contributed by atoms with E-state index in [0.717, 1.165) is 51.7 Å². The quantitative estimate of drug-likeness (QED) is 0.661. The fraction of sp³-hybridized carbons (Fsp3) is 0.536. The average Bonchev–Trinajstić information content (AvgIpc) is 2.86. The van der Waals surface area contributed by atoms with E-state index < -0.39 is 5.43 Å². The molecule has 4 rings (SSSR count).